The van der Waals surface area contributed by atoms with Crippen molar-refractivity contribution < 1.29 is 34.4 Å². The molecule has 1 heterocycles. The number of allylic oxidation sites excluding steroid dienone is 4. The smallest absolute Gasteiger partial charge is 0.309 e. The third-order valence-electron chi connectivity index (χ3n) is 8.29. The molecule has 0 bridgehead atoms. The maximum atomic E-state index is 12.8. The van der Waals surface area contributed by atoms with Crippen molar-refractivity contribution in [2.45, 2.75) is 149 Å². The predicted octanol–water partition coefficient (Wildman–Crippen LogP) is 5.57. The number of aliphatic hydroxyl groups is 3. The fraction of sp³-hybridized carbons (Fsp3) is 0.794. The van der Waals surface area contributed by atoms with Crippen molar-refractivity contribution >= 4 is 17.7 Å². The fourth-order valence-electron chi connectivity index (χ4n) is 5.40. The molecule has 0 aromatic rings. The summed E-state index contributed by atoms with van der Waals surface area (Å²) in [6, 6.07) is 0. The molecule has 7 atom stereocenters. The van der Waals surface area contributed by atoms with Crippen molar-refractivity contribution in [1.82, 2.24) is 5.32 Å². The van der Waals surface area contributed by atoms with Crippen LogP contribution >= 0.6 is 0 Å². The highest BCUT2D eigenvalue weighted by Crippen LogP contribution is 2.22. The summed E-state index contributed by atoms with van der Waals surface area (Å²) in [7, 11) is 0. The standard InChI is InChI=1S/C34H59NO7/c1-6-12-32-33(40)35-23-29(37)22-31(39)30(38)20-19-24(3)14-10-15-27(7-2)16-11-18-28(36)17-9-8-13-25(4)21-26(5)34(41)42-32/h10,14-15,25-27,29-32,37-39H,6-9,11-13,16-23H2,1-5H3,(H,35,40)/b15-10+,24-14+/t25-,26-,27?,29-,30+,31-,32-/m0/s1. The molecule has 42 heavy (non-hydrogen) atoms. The molecular formula is C34H59NO7. The van der Waals surface area contributed by atoms with Gasteiger partial charge >= 0.3 is 5.97 Å². The van der Waals surface area contributed by atoms with Crippen LogP contribution in [0.2, 0.25) is 0 Å². The van der Waals surface area contributed by atoms with E-state index in [1.165, 1.54) is 0 Å². The monoisotopic (exact) mass is 593 g/mol. The van der Waals surface area contributed by atoms with Gasteiger partial charge in [-0.05, 0) is 70.1 Å². The van der Waals surface area contributed by atoms with Crippen molar-refractivity contribution in [1.29, 1.82) is 0 Å². The second-order valence-corrected chi connectivity index (χ2v) is 12.5. The van der Waals surface area contributed by atoms with E-state index >= 15 is 0 Å². The number of esters is 1. The summed E-state index contributed by atoms with van der Waals surface area (Å²) >= 11 is 0. The minimum atomic E-state index is -1.13. The predicted molar refractivity (Wildman–Crippen MR) is 167 cm³/mol. The van der Waals surface area contributed by atoms with Gasteiger partial charge in [0.2, 0.25) is 0 Å². The first-order chi connectivity index (χ1) is 20.0. The first-order valence-corrected chi connectivity index (χ1v) is 16.3. The van der Waals surface area contributed by atoms with Gasteiger partial charge in [-0.1, -0.05) is 70.8 Å². The van der Waals surface area contributed by atoms with Gasteiger partial charge in [0.05, 0.1) is 24.2 Å². The Morgan fingerprint density at radius 2 is 1.62 bits per heavy atom. The van der Waals surface area contributed by atoms with Crippen molar-refractivity contribution in [3.8, 4) is 0 Å². The largest absolute Gasteiger partial charge is 0.452 e. The quantitative estimate of drug-likeness (QED) is 0.314. The molecule has 0 aliphatic carbocycles. The highest BCUT2D eigenvalue weighted by Gasteiger charge is 2.27. The van der Waals surface area contributed by atoms with Gasteiger partial charge < -0.3 is 25.4 Å². The maximum absolute atomic E-state index is 12.8. The van der Waals surface area contributed by atoms with Crippen LogP contribution in [0.4, 0.5) is 0 Å². The molecule has 0 saturated heterocycles. The number of Topliss-reactive ketones (excluding diaryl/α,β-unsaturated/α-hetero) is 1. The second kappa shape index (κ2) is 21.6. The Hall–Kier alpha value is -2.03. The zero-order chi connectivity index (χ0) is 31.5. The molecule has 4 N–H and O–H groups in total. The third-order valence-corrected chi connectivity index (χ3v) is 8.29. The number of carbonyl (C=O) groups is 3. The molecule has 8 nitrogen and oxygen atoms in total. The molecule has 1 aliphatic heterocycles. The first kappa shape index (κ1) is 38.0. The highest BCUT2D eigenvalue weighted by molar-refractivity contribution is 5.84. The lowest BCUT2D eigenvalue weighted by atomic mass is 9.92. The van der Waals surface area contributed by atoms with Gasteiger partial charge in [-0.3, -0.25) is 14.4 Å². The molecule has 0 spiro atoms. The number of amides is 1. The summed E-state index contributed by atoms with van der Waals surface area (Å²) in [6.45, 7) is 9.83. The number of hydrogen-bond donors (Lipinski definition) is 4. The molecule has 8 heteroatoms. The van der Waals surface area contributed by atoms with E-state index in [2.05, 4.69) is 25.2 Å². The Bertz CT molecular complexity index is 855. The van der Waals surface area contributed by atoms with E-state index in [4.69, 9.17) is 4.74 Å². The molecule has 1 amide bonds. The number of cyclic esters (lactones) is 1. The number of aliphatic hydroxyl groups excluding tert-OH is 3. The van der Waals surface area contributed by atoms with Crippen LogP contribution < -0.4 is 5.32 Å². The van der Waals surface area contributed by atoms with Crippen LogP contribution in [0.15, 0.2) is 23.8 Å². The summed E-state index contributed by atoms with van der Waals surface area (Å²) in [6.07, 6.45) is 11.4. The molecule has 242 valence electrons. The molecular weight excluding hydrogens is 534 g/mol. The molecule has 1 rings (SSSR count). The van der Waals surface area contributed by atoms with E-state index in [9.17, 15) is 29.7 Å². The number of β-amino-alcohol motifs (C(OH)–C–C–N with tert-alkyl or cyclic N) is 1. The Morgan fingerprint density at radius 3 is 2.31 bits per heavy atom. The second-order valence-electron chi connectivity index (χ2n) is 12.5. The Kier molecular flexibility index (Phi) is 19.6. The van der Waals surface area contributed by atoms with Gasteiger partial charge in [-0.15, -0.1) is 0 Å². The minimum absolute atomic E-state index is 0.0854. The summed E-state index contributed by atoms with van der Waals surface area (Å²) in [5.74, 6) is -0.230. The average Bonchev–Trinajstić information content (AvgIpc) is 2.95. The molecule has 0 saturated carbocycles. The topological polar surface area (TPSA) is 133 Å². The van der Waals surface area contributed by atoms with Crippen LogP contribution in [-0.4, -0.2) is 63.9 Å². The van der Waals surface area contributed by atoms with Crippen LogP contribution in [0.5, 0.6) is 0 Å². The van der Waals surface area contributed by atoms with E-state index in [0.717, 1.165) is 44.1 Å². The van der Waals surface area contributed by atoms with Gasteiger partial charge in [0.25, 0.3) is 5.91 Å². The zero-order valence-corrected chi connectivity index (χ0v) is 26.9. The average molecular weight is 594 g/mol. The van der Waals surface area contributed by atoms with E-state index in [1.807, 2.05) is 32.9 Å². The number of carbonyl (C=O) groups excluding carboxylic acids is 3. The zero-order valence-electron chi connectivity index (χ0n) is 26.9. The van der Waals surface area contributed by atoms with Crippen LogP contribution in [0.3, 0.4) is 0 Å². The van der Waals surface area contributed by atoms with Gasteiger partial charge in [-0.2, -0.15) is 0 Å². The maximum Gasteiger partial charge on any atom is 0.309 e. The number of ether oxygens (including phenoxy) is 1. The SMILES string of the molecule is CCC[C@@H]1OC(=O)[C@@H](C)C[C@@H](C)CCCCC(=O)CCCC(CC)/C=C/C=C(\C)CC[C@@H](O)[C@@H](O)C[C@H](O)CNC1=O. The van der Waals surface area contributed by atoms with E-state index in [1.54, 1.807) is 0 Å². The van der Waals surface area contributed by atoms with Gasteiger partial charge in [0.15, 0.2) is 6.10 Å². The lowest BCUT2D eigenvalue weighted by Gasteiger charge is -2.23. The first-order valence-electron chi connectivity index (χ1n) is 16.3. The minimum Gasteiger partial charge on any atom is -0.452 e. The number of rotatable bonds is 3. The Labute approximate surface area is 254 Å². The Morgan fingerprint density at radius 1 is 0.905 bits per heavy atom. The molecule has 0 aromatic carbocycles. The van der Waals surface area contributed by atoms with Gasteiger partial charge in [-0.25, -0.2) is 0 Å². The molecule has 1 unspecified atom stereocenters. The number of ketones is 1. The summed E-state index contributed by atoms with van der Waals surface area (Å²) in [4.78, 5) is 38.0. The van der Waals surface area contributed by atoms with Crippen LogP contribution in [0.25, 0.3) is 0 Å². The lowest BCUT2D eigenvalue weighted by molar-refractivity contribution is -0.160. The fourth-order valence-corrected chi connectivity index (χ4v) is 5.40. The van der Waals surface area contributed by atoms with Crippen LogP contribution in [-0.2, 0) is 19.1 Å². The van der Waals surface area contributed by atoms with Crippen molar-refractivity contribution in [3.63, 3.8) is 0 Å². The van der Waals surface area contributed by atoms with E-state index < -0.39 is 36.3 Å². The van der Waals surface area contributed by atoms with Gasteiger partial charge in [0, 0.05) is 25.8 Å². The molecule has 0 aromatic heterocycles. The summed E-state index contributed by atoms with van der Waals surface area (Å²) < 4.78 is 5.58. The molecule has 0 fully saturated rings. The molecule has 0 radical (unpaired) electrons. The number of nitrogens with one attached hydrogen (secondary N) is 1. The van der Waals surface area contributed by atoms with E-state index in [0.29, 0.717) is 62.6 Å². The Balaban J connectivity index is 2.88. The summed E-state index contributed by atoms with van der Waals surface area (Å²) in [5, 5.41) is 33.8. The van der Waals surface area contributed by atoms with Gasteiger partial charge in [0.1, 0.15) is 5.78 Å². The normalized spacial score (nSPS) is 33.8. The third kappa shape index (κ3) is 16.6. The van der Waals surface area contributed by atoms with Crippen LogP contribution in [0, 0.1) is 17.8 Å². The number of hydrogen-bond acceptors (Lipinski definition) is 7. The van der Waals surface area contributed by atoms with Crippen molar-refractivity contribution in [2.24, 2.45) is 17.8 Å². The van der Waals surface area contributed by atoms with Crippen molar-refractivity contribution in [3.05, 3.63) is 23.8 Å². The van der Waals surface area contributed by atoms with E-state index in [-0.39, 0.29) is 18.9 Å². The molecule has 1 aliphatic rings. The van der Waals surface area contributed by atoms with Crippen LogP contribution in [0.1, 0.15) is 125 Å². The lowest BCUT2D eigenvalue weighted by Crippen LogP contribution is -2.43. The van der Waals surface area contributed by atoms with Crippen molar-refractivity contribution in [2.75, 3.05) is 6.54 Å². The summed E-state index contributed by atoms with van der Waals surface area (Å²) in [5.41, 5.74) is 1.07. The highest BCUT2D eigenvalue weighted by atomic mass is 16.5.